The first-order chi connectivity index (χ1) is 15.8. The molecule has 3 atom stereocenters. The fourth-order valence-corrected chi connectivity index (χ4v) is 3.41. The van der Waals surface area contributed by atoms with Gasteiger partial charge in [0.05, 0.1) is 11.1 Å². The van der Waals surface area contributed by atoms with Gasteiger partial charge in [0.2, 0.25) is 0 Å². The van der Waals surface area contributed by atoms with Gasteiger partial charge in [0.15, 0.2) is 0 Å². The van der Waals surface area contributed by atoms with Crippen LogP contribution in [0.2, 0.25) is 0 Å². The Morgan fingerprint density at radius 3 is 1.70 bits per heavy atom. The Bertz CT molecular complexity index is 1240. The van der Waals surface area contributed by atoms with Crippen molar-refractivity contribution in [1.29, 1.82) is 0 Å². The molecule has 1 rings (SSSR count). The molecule has 0 amide bonds. The Kier molecular flexibility index (Phi) is 11.5. The van der Waals surface area contributed by atoms with Crippen LogP contribution in [0.3, 0.4) is 0 Å². The summed E-state index contributed by atoms with van der Waals surface area (Å²) in [6.45, 7) is 12.4. The minimum atomic E-state index is -0.617. The predicted octanol–water partition coefficient (Wildman–Crippen LogP) is 3.56. The monoisotopic (exact) mass is 433 g/mol. The molecule has 0 saturated carbocycles. The molecule has 0 bridgehead atoms. The Hall–Kier alpha value is -4.09. The van der Waals surface area contributed by atoms with E-state index in [0.717, 1.165) is 25.7 Å². The lowest BCUT2D eigenvalue weighted by Crippen LogP contribution is -2.64. The summed E-state index contributed by atoms with van der Waals surface area (Å²) in [5.41, 5.74) is -0.447. The summed E-state index contributed by atoms with van der Waals surface area (Å²) in [6, 6.07) is 0. The van der Waals surface area contributed by atoms with Crippen molar-refractivity contribution >= 4 is 5.97 Å². The molecule has 0 aromatic heterocycles. The molecule has 1 saturated heterocycles. The van der Waals surface area contributed by atoms with Crippen LogP contribution in [0.15, 0.2) is 0 Å². The fraction of sp³-hybridized carbons (Fsp3) is 0.433. The third-order valence-electron chi connectivity index (χ3n) is 5.89. The van der Waals surface area contributed by atoms with Crippen molar-refractivity contribution in [1.82, 2.24) is 5.06 Å². The van der Waals surface area contributed by atoms with E-state index >= 15 is 0 Å². The predicted molar refractivity (Wildman–Crippen MR) is 132 cm³/mol. The zero-order valence-corrected chi connectivity index (χ0v) is 20.2. The van der Waals surface area contributed by atoms with Gasteiger partial charge in [-0.25, -0.2) is 4.79 Å². The van der Waals surface area contributed by atoms with E-state index in [-0.39, 0.29) is 11.1 Å². The summed E-state index contributed by atoms with van der Waals surface area (Å²) in [6.07, 6.45) is 3.83. The highest BCUT2D eigenvalue weighted by molar-refractivity contribution is 5.89. The van der Waals surface area contributed by atoms with E-state index < -0.39 is 5.97 Å². The average Bonchev–Trinajstić information content (AvgIpc) is 2.82. The number of carbonyl (C=O) groups excluding carboxylic acids is 1. The standard InChI is InChI=1S/C30H27NO2/c1-7-10-11-12-13-14-15-16-17-18-19-20-21-22-23-24-28(32)33-31-29(5,8-2)26-25-27(4)30(31,6)9-3/h27H,8-9,25-26H2,1-6H3. The molecular weight excluding hydrogens is 406 g/mol. The maximum atomic E-state index is 12.4. The van der Waals surface area contributed by atoms with Crippen molar-refractivity contribution in [2.24, 2.45) is 5.92 Å². The molecule has 1 aliphatic heterocycles. The molecular formula is C30H27NO2. The Balaban J connectivity index is 2.73. The quantitative estimate of drug-likeness (QED) is 0.638. The molecule has 164 valence electrons. The van der Waals surface area contributed by atoms with Crippen molar-refractivity contribution in [3.8, 4) is 94.7 Å². The van der Waals surface area contributed by atoms with Crippen molar-refractivity contribution in [2.75, 3.05) is 0 Å². The summed E-state index contributed by atoms with van der Waals surface area (Å²) in [5.74, 6) is 40.2. The van der Waals surface area contributed by atoms with Crippen LogP contribution in [0.4, 0.5) is 0 Å². The second kappa shape index (κ2) is 14.1. The molecule has 0 aromatic carbocycles. The third-order valence-corrected chi connectivity index (χ3v) is 5.89. The van der Waals surface area contributed by atoms with Crippen molar-refractivity contribution in [3.05, 3.63) is 0 Å². The molecule has 1 heterocycles. The first-order valence-corrected chi connectivity index (χ1v) is 10.8. The third kappa shape index (κ3) is 8.51. The van der Waals surface area contributed by atoms with Gasteiger partial charge in [0.25, 0.3) is 0 Å². The van der Waals surface area contributed by atoms with E-state index in [0.29, 0.717) is 5.92 Å². The molecule has 0 N–H and O–H groups in total. The average molecular weight is 434 g/mol. The number of hydroxylamine groups is 2. The minimum Gasteiger partial charge on any atom is -0.357 e. The highest BCUT2D eigenvalue weighted by Gasteiger charge is 2.51. The summed E-state index contributed by atoms with van der Waals surface area (Å²) in [4.78, 5) is 18.1. The summed E-state index contributed by atoms with van der Waals surface area (Å²) in [5, 5.41) is 1.88. The van der Waals surface area contributed by atoms with Crippen molar-refractivity contribution < 1.29 is 9.63 Å². The topological polar surface area (TPSA) is 29.5 Å². The van der Waals surface area contributed by atoms with Gasteiger partial charge in [-0.1, -0.05) is 26.7 Å². The second-order valence-corrected chi connectivity index (χ2v) is 7.80. The molecule has 0 spiro atoms. The van der Waals surface area contributed by atoms with Crippen LogP contribution >= 0.6 is 0 Å². The molecule has 0 radical (unpaired) electrons. The number of hydrogen-bond donors (Lipinski definition) is 0. The summed E-state index contributed by atoms with van der Waals surface area (Å²) in [7, 11) is 0. The molecule has 1 fully saturated rings. The van der Waals surface area contributed by atoms with Gasteiger partial charge in [-0.15, -0.1) is 5.06 Å². The minimum absolute atomic E-state index is 0.212. The van der Waals surface area contributed by atoms with Crippen molar-refractivity contribution in [2.45, 2.75) is 78.3 Å². The van der Waals surface area contributed by atoms with Crippen LogP contribution in [0.5, 0.6) is 0 Å². The van der Waals surface area contributed by atoms with Crippen LogP contribution in [0, 0.1) is 101 Å². The maximum Gasteiger partial charge on any atom is 0.404 e. The number of nitrogens with zero attached hydrogens (tertiary/aromatic N) is 1. The maximum absolute atomic E-state index is 12.4. The van der Waals surface area contributed by atoms with E-state index in [1.165, 1.54) is 0 Å². The van der Waals surface area contributed by atoms with Crippen molar-refractivity contribution in [3.63, 3.8) is 0 Å². The van der Waals surface area contributed by atoms with Gasteiger partial charge >= 0.3 is 5.97 Å². The summed E-state index contributed by atoms with van der Waals surface area (Å²) < 4.78 is 0. The van der Waals surface area contributed by atoms with Gasteiger partial charge in [0, 0.05) is 5.92 Å². The largest absolute Gasteiger partial charge is 0.404 e. The molecule has 33 heavy (non-hydrogen) atoms. The highest BCUT2D eigenvalue weighted by Crippen LogP contribution is 2.45. The molecule has 0 aliphatic carbocycles. The van der Waals surface area contributed by atoms with Crippen LogP contribution < -0.4 is 0 Å². The van der Waals surface area contributed by atoms with E-state index in [1.54, 1.807) is 6.92 Å². The van der Waals surface area contributed by atoms with Gasteiger partial charge in [-0.2, -0.15) is 0 Å². The lowest BCUT2D eigenvalue weighted by Gasteiger charge is -2.55. The van der Waals surface area contributed by atoms with Crippen LogP contribution in [-0.4, -0.2) is 22.1 Å². The first kappa shape index (κ1) is 26.9. The van der Waals surface area contributed by atoms with Gasteiger partial charge in [0.1, 0.15) is 0 Å². The Morgan fingerprint density at radius 1 is 0.818 bits per heavy atom. The van der Waals surface area contributed by atoms with E-state index in [9.17, 15) is 4.79 Å². The first-order valence-electron chi connectivity index (χ1n) is 10.8. The van der Waals surface area contributed by atoms with Gasteiger partial charge in [-0.3, -0.25) is 0 Å². The van der Waals surface area contributed by atoms with E-state index in [1.807, 2.05) is 5.06 Å². The second-order valence-electron chi connectivity index (χ2n) is 7.80. The number of hydrogen-bond acceptors (Lipinski definition) is 3. The highest BCUT2D eigenvalue weighted by atomic mass is 16.7. The lowest BCUT2D eigenvalue weighted by molar-refractivity contribution is -0.281. The lowest BCUT2D eigenvalue weighted by atomic mass is 9.71. The van der Waals surface area contributed by atoms with E-state index in [2.05, 4.69) is 129 Å². The molecule has 1 aliphatic rings. The smallest absolute Gasteiger partial charge is 0.357 e. The van der Waals surface area contributed by atoms with E-state index in [4.69, 9.17) is 4.84 Å². The summed E-state index contributed by atoms with van der Waals surface area (Å²) >= 11 is 0. The molecule has 3 unspecified atom stereocenters. The Morgan fingerprint density at radius 2 is 1.27 bits per heavy atom. The fourth-order valence-electron chi connectivity index (χ4n) is 3.41. The number of carbonyl (C=O) groups is 1. The molecule has 0 aromatic rings. The zero-order valence-electron chi connectivity index (χ0n) is 20.2. The van der Waals surface area contributed by atoms with Gasteiger partial charge < -0.3 is 4.84 Å². The number of piperidine rings is 1. The van der Waals surface area contributed by atoms with Crippen LogP contribution in [0.1, 0.15) is 67.2 Å². The molecule has 3 nitrogen and oxygen atoms in total. The Labute approximate surface area is 199 Å². The normalized spacial score (nSPS) is 22.1. The van der Waals surface area contributed by atoms with Crippen LogP contribution in [-0.2, 0) is 9.63 Å². The number of rotatable bonds is 3. The zero-order chi connectivity index (χ0) is 24.6. The van der Waals surface area contributed by atoms with Gasteiger partial charge in [-0.05, 0) is 135 Å². The van der Waals surface area contributed by atoms with Crippen LogP contribution in [0.25, 0.3) is 0 Å². The molecule has 3 heteroatoms. The SMILES string of the molecule is CC#CC#CC#CC#CC#CC#CC#CC#CC(=O)ON1C(C)(CC)CCC(C)C1(C)CC.